The maximum Gasteiger partial charge on any atom is 0.150 e. The third-order valence-corrected chi connectivity index (χ3v) is 5.07. The molecule has 0 bridgehead atoms. The van der Waals surface area contributed by atoms with Crippen LogP contribution in [-0.4, -0.2) is 33.0 Å². The van der Waals surface area contributed by atoms with E-state index in [9.17, 15) is 8.42 Å². The molecule has 0 aromatic heterocycles. The number of hydrogen-bond acceptors (Lipinski definition) is 3. The van der Waals surface area contributed by atoms with Gasteiger partial charge < -0.3 is 5.32 Å². The molecule has 0 aromatic rings. The molecule has 4 heteroatoms. The van der Waals surface area contributed by atoms with Gasteiger partial charge in [-0.25, -0.2) is 8.42 Å². The van der Waals surface area contributed by atoms with Crippen LogP contribution >= 0.6 is 0 Å². The van der Waals surface area contributed by atoms with Crippen molar-refractivity contribution in [2.24, 2.45) is 11.3 Å². The van der Waals surface area contributed by atoms with Crippen molar-refractivity contribution in [3.05, 3.63) is 0 Å². The Balaban J connectivity index is 3.80. The van der Waals surface area contributed by atoms with Crippen LogP contribution in [0.1, 0.15) is 53.9 Å². The van der Waals surface area contributed by atoms with Crippen LogP contribution in [-0.2, 0) is 9.84 Å². The lowest BCUT2D eigenvalue weighted by Crippen LogP contribution is -2.26. The Bertz CT molecular complexity index is 308. The average Bonchev–Trinajstić information content (AvgIpc) is 2.24. The second-order valence-corrected chi connectivity index (χ2v) is 8.82. The molecule has 0 unspecified atom stereocenters. The van der Waals surface area contributed by atoms with Gasteiger partial charge in [-0.1, -0.05) is 34.6 Å². The van der Waals surface area contributed by atoms with Gasteiger partial charge in [-0.2, -0.15) is 0 Å². The minimum atomic E-state index is -2.79. The minimum absolute atomic E-state index is 0.229. The minimum Gasteiger partial charge on any atom is -0.316 e. The summed E-state index contributed by atoms with van der Waals surface area (Å²) in [5, 5.41) is 3.44. The summed E-state index contributed by atoms with van der Waals surface area (Å²) in [6, 6.07) is 0. The molecule has 0 amide bonds. The first-order valence-electron chi connectivity index (χ1n) is 7.09. The summed E-state index contributed by atoms with van der Waals surface area (Å²) in [6.45, 7) is 12.6. The fourth-order valence-electron chi connectivity index (χ4n) is 1.86. The molecule has 0 aliphatic heterocycles. The zero-order chi connectivity index (χ0) is 14.2. The molecule has 0 fully saturated rings. The fourth-order valence-corrected chi connectivity index (χ4v) is 2.73. The highest BCUT2D eigenvalue weighted by Crippen LogP contribution is 2.26. The second kappa shape index (κ2) is 8.16. The Labute approximate surface area is 114 Å². The Morgan fingerprint density at radius 3 is 2.28 bits per heavy atom. The van der Waals surface area contributed by atoms with E-state index in [1.54, 1.807) is 6.92 Å². The maximum atomic E-state index is 11.4. The molecule has 0 spiro atoms. The van der Waals surface area contributed by atoms with Gasteiger partial charge in [0.25, 0.3) is 0 Å². The van der Waals surface area contributed by atoms with Crippen molar-refractivity contribution in [3.8, 4) is 0 Å². The molecule has 0 radical (unpaired) electrons. The number of sulfone groups is 1. The van der Waals surface area contributed by atoms with E-state index >= 15 is 0 Å². The first-order valence-corrected chi connectivity index (χ1v) is 8.92. The molecular weight excluding hydrogens is 246 g/mol. The highest BCUT2D eigenvalue weighted by molar-refractivity contribution is 7.91. The van der Waals surface area contributed by atoms with E-state index < -0.39 is 9.84 Å². The smallest absolute Gasteiger partial charge is 0.150 e. The lowest BCUT2D eigenvalue weighted by atomic mass is 9.84. The van der Waals surface area contributed by atoms with Gasteiger partial charge in [-0.15, -0.1) is 0 Å². The molecule has 0 atom stereocenters. The van der Waals surface area contributed by atoms with Crippen LogP contribution < -0.4 is 5.32 Å². The van der Waals surface area contributed by atoms with Crippen LogP contribution in [0.5, 0.6) is 0 Å². The van der Waals surface area contributed by atoms with Crippen LogP contribution in [0.15, 0.2) is 0 Å². The molecule has 0 aromatic carbocycles. The lowest BCUT2D eigenvalue weighted by molar-refractivity contribution is 0.297. The Morgan fingerprint density at radius 2 is 1.78 bits per heavy atom. The molecule has 18 heavy (non-hydrogen) atoms. The largest absolute Gasteiger partial charge is 0.316 e. The molecule has 3 nitrogen and oxygen atoms in total. The summed E-state index contributed by atoms with van der Waals surface area (Å²) >= 11 is 0. The van der Waals surface area contributed by atoms with Crippen molar-refractivity contribution in [2.45, 2.75) is 53.9 Å². The quantitative estimate of drug-likeness (QED) is 0.625. The van der Waals surface area contributed by atoms with Crippen molar-refractivity contribution in [2.75, 3.05) is 24.6 Å². The molecule has 0 heterocycles. The van der Waals surface area contributed by atoms with E-state index in [1.165, 1.54) is 0 Å². The van der Waals surface area contributed by atoms with Crippen LogP contribution in [0, 0.1) is 11.3 Å². The highest BCUT2D eigenvalue weighted by Gasteiger charge is 2.18. The molecule has 0 rings (SSSR count). The monoisotopic (exact) mass is 277 g/mol. The van der Waals surface area contributed by atoms with Crippen molar-refractivity contribution >= 4 is 9.84 Å². The van der Waals surface area contributed by atoms with E-state index in [4.69, 9.17) is 0 Å². The van der Waals surface area contributed by atoms with Gasteiger partial charge in [0.15, 0.2) is 0 Å². The molecule has 0 saturated carbocycles. The van der Waals surface area contributed by atoms with Gasteiger partial charge in [0, 0.05) is 5.75 Å². The van der Waals surface area contributed by atoms with Gasteiger partial charge in [0.05, 0.1) is 5.75 Å². The van der Waals surface area contributed by atoms with Crippen LogP contribution in [0.2, 0.25) is 0 Å². The predicted molar refractivity (Wildman–Crippen MR) is 79.7 cm³/mol. The molecule has 0 saturated heterocycles. The second-order valence-electron chi connectivity index (χ2n) is 6.35. The summed E-state index contributed by atoms with van der Waals surface area (Å²) in [6.07, 6.45) is 2.87. The molecule has 0 aliphatic carbocycles. The lowest BCUT2D eigenvalue weighted by Gasteiger charge is -2.25. The van der Waals surface area contributed by atoms with E-state index in [0.717, 1.165) is 32.4 Å². The first kappa shape index (κ1) is 17.9. The van der Waals surface area contributed by atoms with Gasteiger partial charge in [-0.05, 0) is 43.7 Å². The van der Waals surface area contributed by atoms with Gasteiger partial charge >= 0.3 is 0 Å². The summed E-state index contributed by atoms with van der Waals surface area (Å²) in [5.41, 5.74) is 0.229. The molecule has 110 valence electrons. The van der Waals surface area contributed by atoms with E-state index in [-0.39, 0.29) is 11.2 Å². The highest BCUT2D eigenvalue weighted by atomic mass is 32.2. The summed E-state index contributed by atoms with van der Waals surface area (Å²) in [4.78, 5) is 0. The van der Waals surface area contributed by atoms with Crippen molar-refractivity contribution in [1.82, 2.24) is 5.32 Å². The van der Waals surface area contributed by atoms with Crippen LogP contribution in [0.25, 0.3) is 0 Å². The van der Waals surface area contributed by atoms with Crippen molar-refractivity contribution in [3.63, 3.8) is 0 Å². The van der Waals surface area contributed by atoms with Crippen LogP contribution in [0.3, 0.4) is 0 Å². The Hall–Kier alpha value is -0.0900. The summed E-state index contributed by atoms with van der Waals surface area (Å²) in [7, 11) is -2.79. The molecule has 0 aliphatic rings. The van der Waals surface area contributed by atoms with Gasteiger partial charge in [0.2, 0.25) is 0 Å². The zero-order valence-electron chi connectivity index (χ0n) is 12.8. The standard InChI is InChI=1S/C14H31NO2S/c1-6-18(16,17)11-7-8-14(4,5)9-10-15-12-13(2)3/h13,15H,6-12H2,1-5H3. The van der Waals surface area contributed by atoms with E-state index in [1.807, 2.05) is 0 Å². The number of rotatable bonds is 10. The van der Waals surface area contributed by atoms with E-state index in [0.29, 0.717) is 11.7 Å². The molecular formula is C14H31NO2S. The molecule has 1 N–H and O–H groups in total. The topological polar surface area (TPSA) is 46.2 Å². The fraction of sp³-hybridized carbons (Fsp3) is 1.00. The Morgan fingerprint density at radius 1 is 1.17 bits per heavy atom. The maximum absolute atomic E-state index is 11.4. The van der Waals surface area contributed by atoms with Gasteiger partial charge in [-0.3, -0.25) is 0 Å². The normalized spacial score (nSPS) is 13.2. The number of nitrogens with one attached hydrogen (secondary N) is 1. The first-order chi connectivity index (χ1) is 8.18. The van der Waals surface area contributed by atoms with Crippen molar-refractivity contribution < 1.29 is 8.42 Å². The summed E-state index contributed by atoms with van der Waals surface area (Å²) < 4.78 is 22.8. The average molecular weight is 277 g/mol. The Kier molecular flexibility index (Phi) is 8.11. The zero-order valence-corrected chi connectivity index (χ0v) is 13.6. The van der Waals surface area contributed by atoms with E-state index in [2.05, 4.69) is 33.0 Å². The van der Waals surface area contributed by atoms with Crippen molar-refractivity contribution in [1.29, 1.82) is 0 Å². The third-order valence-electron chi connectivity index (χ3n) is 3.28. The summed E-state index contributed by atoms with van der Waals surface area (Å²) in [5.74, 6) is 1.29. The van der Waals surface area contributed by atoms with Crippen LogP contribution in [0.4, 0.5) is 0 Å². The van der Waals surface area contributed by atoms with Gasteiger partial charge in [0.1, 0.15) is 9.84 Å². The SMILES string of the molecule is CCS(=O)(=O)CCCC(C)(C)CCNCC(C)C. The number of hydrogen-bond donors (Lipinski definition) is 1. The predicted octanol–water partition coefficient (Wildman–Crippen LogP) is 2.86. The third kappa shape index (κ3) is 9.89.